The van der Waals surface area contributed by atoms with E-state index in [1.165, 1.54) is 19.2 Å². The average molecular weight is 559 g/mol. The molecule has 3 rings (SSSR count). The number of rotatable bonds is 8. The van der Waals surface area contributed by atoms with Crippen molar-refractivity contribution in [3.63, 3.8) is 0 Å². The van der Waals surface area contributed by atoms with Gasteiger partial charge in [-0.05, 0) is 61.9 Å². The molecule has 10 heteroatoms. The number of guanidine groups is 1. The molecule has 0 amide bonds. The Morgan fingerprint density at radius 1 is 1.13 bits per heavy atom. The van der Waals surface area contributed by atoms with Crippen LogP contribution in [0.2, 0.25) is 0 Å². The number of aliphatic imine (C=N–C) groups is 1. The molecule has 0 saturated carbocycles. The molecular weight excluding hydrogens is 532 g/mol. The summed E-state index contributed by atoms with van der Waals surface area (Å²) in [5, 5.41) is 7.50. The second-order valence-electron chi connectivity index (χ2n) is 6.73. The van der Waals surface area contributed by atoms with Crippen LogP contribution in [0.1, 0.15) is 18.1 Å². The average Bonchev–Trinajstić information content (AvgIpc) is 3.14. The Morgan fingerprint density at radius 2 is 1.87 bits per heavy atom. The van der Waals surface area contributed by atoms with E-state index in [0.717, 1.165) is 35.0 Å². The standard InChI is InChI=1S/C21H26FN5O2S.HI/c1-3-24-21(27-13-15-4-7-18(8-5-15)30(28,29)23-2)25-11-10-16-14-26-20-12-17(22)6-9-19(16)20;/h4-9,12,14,23,26H,3,10-11,13H2,1-2H3,(H2,24,25,27);1H. The first kappa shape index (κ1) is 25.1. The topological polar surface area (TPSA) is 98.4 Å². The molecule has 3 aromatic rings. The van der Waals surface area contributed by atoms with Crippen LogP contribution in [0, 0.1) is 5.82 Å². The van der Waals surface area contributed by atoms with Gasteiger partial charge in [0.25, 0.3) is 0 Å². The second-order valence-corrected chi connectivity index (χ2v) is 8.61. The molecule has 0 fully saturated rings. The molecule has 0 saturated heterocycles. The summed E-state index contributed by atoms with van der Waals surface area (Å²) in [5.41, 5.74) is 2.80. The Kier molecular flexibility index (Phi) is 9.26. The molecule has 0 spiro atoms. The maximum atomic E-state index is 13.3. The number of halogens is 2. The van der Waals surface area contributed by atoms with Crippen LogP contribution < -0.4 is 15.4 Å². The van der Waals surface area contributed by atoms with Crippen molar-refractivity contribution < 1.29 is 12.8 Å². The minimum atomic E-state index is -3.44. The van der Waals surface area contributed by atoms with Gasteiger partial charge in [0.1, 0.15) is 5.82 Å². The van der Waals surface area contributed by atoms with Crippen LogP contribution in [0.3, 0.4) is 0 Å². The largest absolute Gasteiger partial charge is 0.361 e. The molecule has 0 radical (unpaired) electrons. The summed E-state index contributed by atoms with van der Waals surface area (Å²) in [4.78, 5) is 7.88. The van der Waals surface area contributed by atoms with Gasteiger partial charge in [0, 0.05) is 30.2 Å². The molecule has 1 heterocycles. The number of aromatic nitrogens is 1. The zero-order chi connectivity index (χ0) is 21.6. The highest BCUT2D eigenvalue weighted by Gasteiger charge is 2.10. The lowest BCUT2D eigenvalue weighted by molar-refractivity contribution is 0.588. The molecular formula is C21H27FIN5O2S. The number of hydrogen-bond donors (Lipinski definition) is 4. The molecule has 0 aliphatic carbocycles. The zero-order valence-electron chi connectivity index (χ0n) is 17.4. The van der Waals surface area contributed by atoms with E-state index >= 15 is 0 Å². The van der Waals surface area contributed by atoms with Crippen molar-refractivity contribution >= 4 is 50.9 Å². The molecule has 31 heavy (non-hydrogen) atoms. The van der Waals surface area contributed by atoms with E-state index in [0.29, 0.717) is 19.0 Å². The van der Waals surface area contributed by atoms with Gasteiger partial charge in [-0.2, -0.15) is 0 Å². The first-order chi connectivity index (χ1) is 14.4. The summed E-state index contributed by atoms with van der Waals surface area (Å²) >= 11 is 0. The van der Waals surface area contributed by atoms with Crippen LogP contribution in [0.5, 0.6) is 0 Å². The highest BCUT2D eigenvalue weighted by Crippen LogP contribution is 2.19. The number of nitrogens with zero attached hydrogens (tertiary/aromatic N) is 1. The normalized spacial score (nSPS) is 11.9. The molecule has 0 atom stereocenters. The van der Waals surface area contributed by atoms with Gasteiger partial charge in [-0.1, -0.05) is 12.1 Å². The number of aromatic amines is 1. The molecule has 168 valence electrons. The van der Waals surface area contributed by atoms with Gasteiger partial charge in [0.2, 0.25) is 10.0 Å². The minimum Gasteiger partial charge on any atom is -0.361 e. The Labute approximate surface area is 199 Å². The summed E-state index contributed by atoms with van der Waals surface area (Å²) in [5.74, 6) is 0.419. The first-order valence-electron chi connectivity index (χ1n) is 9.73. The van der Waals surface area contributed by atoms with E-state index < -0.39 is 10.0 Å². The van der Waals surface area contributed by atoms with Crippen molar-refractivity contribution in [1.82, 2.24) is 20.3 Å². The lowest BCUT2D eigenvalue weighted by Gasteiger charge is -2.11. The fourth-order valence-corrected chi connectivity index (χ4v) is 3.81. The number of H-pyrrole nitrogens is 1. The van der Waals surface area contributed by atoms with Crippen molar-refractivity contribution in [3.8, 4) is 0 Å². The number of sulfonamides is 1. The SMILES string of the molecule is CCNC(=NCc1ccc(S(=O)(=O)NC)cc1)NCCc1c[nH]c2cc(F)ccc12.I. The maximum absolute atomic E-state index is 13.3. The van der Waals surface area contributed by atoms with Crippen molar-refractivity contribution in [1.29, 1.82) is 0 Å². The third-order valence-electron chi connectivity index (χ3n) is 4.68. The Hall–Kier alpha value is -2.18. The number of benzene rings is 2. The van der Waals surface area contributed by atoms with Gasteiger partial charge >= 0.3 is 0 Å². The third kappa shape index (κ3) is 6.65. The fraction of sp³-hybridized carbons (Fsp3) is 0.286. The van der Waals surface area contributed by atoms with Crippen molar-refractivity contribution in [2.45, 2.75) is 24.8 Å². The predicted octanol–water partition coefficient (Wildman–Crippen LogP) is 3.13. The quantitative estimate of drug-likeness (QED) is 0.194. The molecule has 0 aliphatic rings. The highest BCUT2D eigenvalue weighted by molar-refractivity contribution is 14.0. The van der Waals surface area contributed by atoms with Crippen LogP contribution >= 0.6 is 24.0 Å². The molecule has 0 bridgehead atoms. The molecule has 7 nitrogen and oxygen atoms in total. The summed E-state index contributed by atoms with van der Waals surface area (Å²) in [7, 11) is -2.06. The molecule has 1 aromatic heterocycles. The molecule has 0 aliphatic heterocycles. The smallest absolute Gasteiger partial charge is 0.240 e. The van der Waals surface area contributed by atoms with E-state index in [-0.39, 0.29) is 34.7 Å². The van der Waals surface area contributed by atoms with Gasteiger partial charge in [-0.25, -0.2) is 22.5 Å². The van der Waals surface area contributed by atoms with Gasteiger partial charge in [-0.15, -0.1) is 24.0 Å². The van der Waals surface area contributed by atoms with Gasteiger partial charge < -0.3 is 15.6 Å². The summed E-state index contributed by atoms with van der Waals surface area (Å²) in [6, 6.07) is 11.4. The number of fused-ring (bicyclic) bond motifs is 1. The molecule has 2 aromatic carbocycles. The third-order valence-corrected chi connectivity index (χ3v) is 6.11. The summed E-state index contributed by atoms with van der Waals surface area (Å²) < 4.78 is 39.2. The van der Waals surface area contributed by atoms with Crippen molar-refractivity contribution in [3.05, 3.63) is 65.6 Å². The van der Waals surface area contributed by atoms with Crippen LogP contribution in [0.25, 0.3) is 10.9 Å². The monoisotopic (exact) mass is 559 g/mol. The van der Waals surface area contributed by atoms with E-state index in [4.69, 9.17) is 0 Å². The number of nitrogens with one attached hydrogen (secondary N) is 4. The van der Waals surface area contributed by atoms with E-state index in [9.17, 15) is 12.8 Å². The Morgan fingerprint density at radius 3 is 2.55 bits per heavy atom. The van der Waals surface area contributed by atoms with Crippen LogP contribution in [0.15, 0.2) is 58.5 Å². The van der Waals surface area contributed by atoms with Crippen LogP contribution in [-0.2, 0) is 23.0 Å². The van der Waals surface area contributed by atoms with Crippen LogP contribution in [0.4, 0.5) is 4.39 Å². The first-order valence-corrected chi connectivity index (χ1v) is 11.2. The molecule has 4 N–H and O–H groups in total. The van der Waals surface area contributed by atoms with Crippen molar-refractivity contribution in [2.24, 2.45) is 4.99 Å². The van der Waals surface area contributed by atoms with Gasteiger partial charge in [-0.3, -0.25) is 0 Å². The molecule has 0 unspecified atom stereocenters. The fourth-order valence-electron chi connectivity index (χ4n) is 3.08. The van der Waals surface area contributed by atoms with E-state index in [1.54, 1.807) is 30.3 Å². The lowest BCUT2D eigenvalue weighted by atomic mass is 10.1. The number of hydrogen-bond acceptors (Lipinski definition) is 3. The van der Waals surface area contributed by atoms with Gasteiger partial charge in [0.05, 0.1) is 11.4 Å². The highest BCUT2D eigenvalue weighted by atomic mass is 127. The summed E-state index contributed by atoms with van der Waals surface area (Å²) in [6.45, 7) is 3.79. The van der Waals surface area contributed by atoms with Crippen LogP contribution in [-0.4, -0.2) is 39.5 Å². The predicted molar refractivity (Wildman–Crippen MR) is 133 cm³/mol. The maximum Gasteiger partial charge on any atom is 0.240 e. The summed E-state index contributed by atoms with van der Waals surface area (Å²) in [6.07, 6.45) is 2.66. The second kappa shape index (κ2) is 11.4. The Balaban J connectivity index is 0.00000341. The lowest BCUT2D eigenvalue weighted by Crippen LogP contribution is -2.38. The minimum absolute atomic E-state index is 0. The van der Waals surface area contributed by atoms with E-state index in [2.05, 4.69) is 25.3 Å². The zero-order valence-corrected chi connectivity index (χ0v) is 20.6. The van der Waals surface area contributed by atoms with Crippen molar-refractivity contribution in [2.75, 3.05) is 20.1 Å². The Bertz CT molecular complexity index is 1130. The van der Waals surface area contributed by atoms with E-state index in [1.807, 2.05) is 13.1 Å². The van der Waals surface area contributed by atoms with Gasteiger partial charge in [0.15, 0.2) is 5.96 Å².